The first-order chi connectivity index (χ1) is 16.2. The number of hydrogen-bond donors (Lipinski definition) is 2. The Balaban J connectivity index is 1.19. The van der Waals surface area contributed by atoms with Crippen molar-refractivity contribution in [2.45, 2.75) is 32.7 Å². The van der Waals surface area contributed by atoms with E-state index in [-0.39, 0.29) is 0 Å². The Morgan fingerprint density at radius 3 is 2.61 bits per heavy atom. The summed E-state index contributed by atoms with van der Waals surface area (Å²) in [7, 11) is 0. The van der Waals surface area contributed by atoms with Gasteiger partial charge in [-0.2, -0.15) is 0 Å². The van der Waals surface area contributed by atoms with Crippen LogP contribution >= 0.6 is 0 Å². The Morgan fingerprint density at radius 1 is 1.00 bits per heavy atom. The summed E-state index contributed by atoms with van der Waals surface area (Å²) in [5.41, 5.74) is 5.77. The molecule has 0 spiro atoms. The van der Waals surface area contributed by atoms with Crippen LogP contribution in [-0.2, 0) is 13.0 Å². The van der Waals surface area contributed by atoms with E-state index in [0.29, 0.717) is 6.61 Å². The van der Waals surface area contributed by atoms with Gasteiger partial charge in [0.25, 0.3) is 0 Å². The van der Waals surface area contributed by atoms with Gasteiger partial charge in [-0.15, -0.1) is 0 Å². The highest BCUT2D eigenvalue weighted by molar-refractivity contribution is 5.81. The molecular weight excluding hydrogens is 410 g/mol. The lowest BCUT2D eigenvalue weighted by Crippen LogP contribution is -2.25. The Labute approximate surface area is 195 Å². The van der Waals surface area contributed by atoms with Crippen LogP contribution in [0.3, 0.4) is 0 Å². The van der Waals surface area contributed by atoms with E-state index in [2.05, 4.69) is 68.5 Å². The number of nitrogens with one attached hydrogen (secondary N) is 2. The zero-order valence-corrected chi connectivity index (χ0v) is 19.2. The normalized spacial score (nSPS) is 14.1. The number of benzene rings is 1. The number of hydrogen-bond acceptors (Lipinski definition) is 5. The minimum absolute atomic E-state index is 0.702. The number of aromatic amines is 1. The molecule has 170 valence electrons. The summed E-state index contributed by atoms with van der Waals surface area (Å²) >= 11 is 0. The molecule has 3 aromatic heterocycles. The number of nitrogens with zero attached hydrogens (tertiary/aromatic N) is 3. The third kappa shape index (κ3) is 5.52. The van der Waals surface area contributed by atoms with Crippen LogP contribution in [0.2, 0.25) is 0 Å². The Morgan fingerprint density at radius 2 is 1.82 bits per heavy atom. The molecule has 33 heavy (non-hydrogen) atoms. The standard InChI is InChI=1S/C27H31N5O/c1-20-4-6-21(7-5-20)16-28-26-9-8-22(17-29-26)14-23-18-30-27-25(23)15-24(19-31-27)33-13-12-32-10-2-3-11-32/h4-9,15,17-19H,2-3,10-14,16H2,1H3,(H,28,29)(H,30,31). The Bertz CT molecular complexity index is 1180. The second-order valence-corrected chi connectivity index (χ2v) is 8.85. The molecule has 5 rings (SSSR count). The fourth-order valence-electron chi connectivity index (χ4n) is 4.31. The van der Waals surface area contributed by atoms with Crippen LogP contribution in [0.5, 0.6) is 5.75 Å². The van der Waals surface area contributed by atoms with Gasteiger partial charge < -0.3 is 15.0 Å². The number of ether oxygens (including phenoxy) is 1. The smallest absolute Gasteiger partial charge is 0.138 e. The molecule has 6 heteroatoms. The lowest BCUT2D eigenvalue weighted by molar-refractivity contribution is 0.237. The monoisotopic (exact) mass is 441 g/mol. The van der Waals surface area contributed by atoms with Crippen molar-refractivity contribution in [3.05, 3.63) is 83.3 Å². The molecule has 4 aromatic rings. The Hall–Kier alpha value is -3.38. The molecule has 1 aliphatic rings. The molecule has 6 nitrogen and oxygen atoms in total. The molecular formula is C27H31N5O. The van der Waals surface area contributed by atoms with Gasteiger partial charge in [-0.05, 0) is 61.7 Å². The number of likely N-dealkylation sites (tertiary alicyclic amines) is 1. The lowest BCUT2D eigenvalue weighted by Gasteiger charge is -2.14. The number of anilines is 1. The van der Waals surface area contributed by atoms with E-state index in [1.54, 1.807) is 0 Å². The summed E-state index contributed by atoms with van der Waals surface area (Å²) in [6.07, 6.45) is 9.19. The molecule has 0 saturated carbocycles. The highest BCUT2D eigenvalue weighted by atomic mass is 16.5. The van der Waals surface area contributed by atoms with Gasteiger partial charge in [-0.1, -0.05) is 35.9 Å². The van der Waals surface area contributed by atoms with Gasteiger partial charge in [0, 0.05) is 37.3 Å². The van der Waals surface area contributed by atoms with Crippen LogP contribution in [0.1, 0.15) is 35.1 Å². The number of aromatic nitrogens is 3. The molecule has 0 bridgehead atoms. The molecule has 0 aliphatic carbocycles. The first-order valence-electron chi connectivity index (χ1n) is 11.8. The van der Waals surface area contributed by atoms with Crippen molar-refractivity contribution in [3.8, 4) is 5.75 Å². The number of fused-ring (bicyclic) bond motifs is 1. The minimum Gasteiger partial charge on any atom is -0.491 e. The number of H-pyrrole nitrogens is 1. The second-order valence-electron chi connectivity index (χ2n) is 8.85. The molecule has 0 unspecified atom stereocenters. The highest BCUT2D eigenvalue weighted by Gasteiger charge is 2.12. The summed E-state index contributed by atoms with van der Waals surface area (Å²) in [4.78, 5) is 14.9. The third-order valence-corrected chi connectivity index (χ3v) is 6.28. The van der Waals surface area contributed by atoms with Gasteiger partial charge in [0.05, 0.1) is 6.20 Å². The first-order valence-corrected chi connectivity index (χ1v) is 11.8. The predicted octanol–water partition coefficient (Wildman–Crippen LogP) is 4.94. The van der Waals surface area contributed by atoms with Gasteiger partial charge in [-0.25, -0.2) is 9.97 Å². The van der Waals surface area contributed by atoms with E-state index in [4.69, 9.17) is 4.74 Å². The van der Waals surface area contributed by atoms with E-state index < -0.39 is 0 Å². The van der Waals surface area contributed by atoms with E-state index >= 15 is 0 Å². The lowest BCUT2D eigenvalue weighted by atomic mass is 10.1. The largest absolute Gasteiger partial charge is 0.491 e. The van der Waals surface area contributed by atoms with Crippen molar-refractivity contribution in [2.75, 3.05) is 31.6 Å². The molecule has 0 amide bonds. The molecule has 2 N–H and O–H groups in total. The number of rotatable bonds is 9. The van der Waals surface area contributed by atoms with Crippen LogP contribution in [0.15, 0.2) is 61.1 Å². The summed E-state index contributed by atoms with van der Waals surface area (Å²) < 4.78 is 6.00. The van der Waals surface area contributed by atoms with Crippen molar-refractivity contribution in [1.82, 2.24) is 19.9 Å². The number of pyridine rings is 2. The molecule has 1 fully saturated rings. The molecule has 1 aliphatic heterocycles. The Kier molecular flexibility index (Phi) is 6.53. The second kappa shape index (κ2) is 10.0. The molecule has 0 radical (unpaired) electrons. The maximum atomic E-state index is 6.00. The fourth-order valence-corrected chi connectivity index (χ4v) is 4.31. The molecule has 4 heterocycles. The summed E-state index contributed by atoms with van der Waals surface area (Å²) in [5, 5.41) is 4.50. The van der Waals surface area contributed by atoms with E-state index in [0.717, 1.165) is 47.7 Å². The van der Waals surface area contributed by atoms with Crippen LogP contribution in [0.25, 0.3) is 11.0 Å². The van der Waals surface area contributed by atoms with E-state index in [9.17, 15) is 0 Å². The average Bonchev–Trinajstić information content (AvgIpc) is 3.50. The number of aryl methyl sites for hydroxylation is 1. The van der Waals surface area contributed by atoms with Gasteiger partial charge >= 0.3 is 0 Å². The third-order valence-electron chi connectivity index (χ3n) is 6.28. The van der Waals surface area contributed by atoms with Crippen LogP contribution in [0.4, 0.5) is 5.82 Å². The van der Waals surface area contributed by atoms with E-state index in [1.165, 1.54) is 42.6 Å². The summed E-state index contributed by atoms with van der Waals surface area (Å²) in [6.45, 7) is 6.93. The van der Waals surface area contributed by atoms with Crippen molar-refractivity contribution < 1.29 is 4.74 Å². The molecule has 1 saturated heterocycles. The molecule has 1 aromatic carbocycles. The van der Waals surface area contributed by atoms with Crippen LogP contribution in [-0.4, -0.2) is 46.1 Å². The zero-order chi connectivity index (χ0) is 22.5. The van der Waals surface area contributed by atoms with Crippen molar-refractivity contribution in [2.24, 2.45) is 0 Å². The van der Waals surface area contributed by atoms with Crippen molar-refractivity contribution >= 4 is 16.9 Å². The SMILES string of the molecule is Cc1ccc(CNc2ccc(Cc3c[nH]c4ncc(OCCN5CCCC5)cc34)cn2)cc1. The van der Waals surface area contributed by atoms with Crippen molar-refractivity contribution in [1.29, 1.82) is 0 Å². The molecule has 0 atom stereocenters. The highest BCUT2D eigenvalue weighted by Crippen LogP contribution is 2.24. The maximum absolute atomic E-state index is 6.00. The topological polar surface area (TPSA) is 66.1 Å². The van der Waals surface area contributed by atoms with Crippen molar-refractivity contribution in [3.63, 3.8) is 0 Å². The maximum Gasteiger partial charge on any atom is 0.138 e. The summed E-state index contributed by atoms with van der Waals surface area (Å²) in [5.74, 6) is 1.71. The van der Waals surface area contributed by atoms with Gasteiger partial charge in [0.1, 0.15) is 23.8 Å². The fraction of sp³-hybridized carbons (Fsp3) is 0.333. The predicted molar refractivity (Wildman–Crippen MR) is 133 cm³/mol. The van der Waals surface area contributed by atoms with Crippen LogP contribution < -0.4 is 10.1 Å². The van der Waals surface area contributed by atoms with Crippen LogP contribution in [0, 0.1) is 6.92 Å². The average molecular weight is 442 g/mol. The van der Waals surface area contributed by atoms with Gasteiger partial charge in [-0.3, -0.25) is 4.90 Å². The summed E-state index contributed by atoms with van der Waals surface area (Å²) in [6, 6.07) is 14.8. The van der Waals surface area contributed by atoms with Gasteiger partial charge in [0.2, 0.25) is 0 Å². The zero-order valence-electron chi connectivity index (χ0n) is 19.2. The minimum atomic E-state index is 0.702. The van der Waals surface area contributed by atoms with Gasteiger partial charge in [0.15, 0.2) is 0 Å². The first kappa shape index (κ1) is 21.5. The van der Waals surface area contributed by atoms with E-state index in [1.807, 2.05) is 24.7 Å². The quantitative estimate of drug-likeness (QED) is 0.385.